The summed E-state index contributed by atoms with van der Waals surface area (Å²) in [6.45, 7) is 2.86. The van der Waals surface area contributed by atoms with Crippen LogP contribution in [0, 0.1) is 0 Å². The van der Waals surface area contributed by atoms with Gasteiger partial charge in [-0.15, -0.1) is 0 Å². The first-order chi connectivity index (χ1) is 7.18. The average Bonchev–Trinajstić information content (AvgIpc) is 2.22. The van der Waals surface area contributed by atoms with E-state index >= 15 is 0 Å². The third kappa shape index (κ3) is 2.25. The molecule has 0 saturated carbocycles. The van der Waals surface area contributed by atoms with Gasteiger partial charge in [0.25, 0.3) is 0 Å². The van der Waals surface area contributed by atoms with Gasteiger partial charge < -0.3 is 9.91 Å². The summed E-state index contributed by atoms with van der Waals surface area (Å²) >= 11 is 6.18. The molecule has 15 heavy (non-hydrogen) atoms. The Morgan fingerprint density at radius 3 is 2.87 bits per heavy atom. The molecule has 0 aromatic heterocycles. The van der Waals surface area contributed by atoms with E-state index in [1.54, 1.807) is 5.01 Å². The lowest BCUT2D eigenvalue weighted by Gasteiger charge is -2.29. The molecular formula is C11H16ClN3. The number of rotatable bonds is 0. The number of fused-ring (bicyclic) bond motifs is 1. The molecule has 0 bridgehead atoms. The summed E-state index contributed by atoms with van der Waals surface area (Å²) in [4.78, 5) is 2.27. The number of hydrogen-bond acceptors (Lipinski definition) is 3. The lowest BCUT2D eigenvalue weighted by molar-refractivity contribution is 0.339. The molecule has 4 heteroatoms. The highest BCUT2D eigenvalue weighted by Crippen LogP contribution is 2.27. The molecular weight excluding hydrogens is 210 g/mol. The summed E-state index contributed by atoms with van der Waals surface area (Å²) in [6, 6.07) is 5.91. The van der Waals surface area contributed by atoms with E-state index < -0.39 is 0 Å². The van der Waals surface area contributed by atoms with Crippen LogP contribution in [-0.2, 0) is 6.42 Å². The largest absolute Gasteiger partial charge is 0.309 e. The fourth-order valence-electron chi connectivity index (χ4n) is 1.88. The molecule has 2 N–H and O–H groups in total. The van der Waals surface area contributed by atoms with E-state index in [1.165, 1.54) is 0 Å². The van der Waals surface area contributed by atoms with Crippen molar-refractivity contribution < 1.29 is 0 Å². The second-order valence-corrected chi connectivity index (χ2v) is 4.39. The van der Waals surface area contributed by atoms with Crippen molar-refractivity contribution in [2.45, 2.75) is 6.42 Å². The van der Waals surface area contributed by atoms with Crippen molar-refractivity contribution in [3.63, 3.8) is 0 Å². The van der Waals surface area contributed by atoms with Gasteiger partial charge in [0, 0.05) is 24.7 Å². The second kappa shape index (κ2) is 4.39. The summed E-state index contributed by atoms with van der Waals surface area (Å²) in [7, 11) is 2.11. The van der Waals surface area contributed by atoms with Crippen molar-refractivity contribution in [1.29, 1.82) is 0 Å². The zero-order chi connectivity index (χ0) is 10.8. The van der Waals surface area contributed by atoms with Crippen molar-refractivity contribution in [2.75, 3.05) is 31.7 Å². The lowest BCUT2D eigenvalue weighted by Crippen LogP contribution is -2.41. The molecule has 1 aliphatic heterocycles. The number of nitrogens with zero attached hydrogens (tertiary/aromatic N) is 2. The number of halogens is 1. The molecule has 82 valence electrons. The van der Waals surface area contributed by atoms with Crippen LogP contribution in [0.1, 0.15) is 5.56 Å². The molecule has 0 saturated heterocycles. The van der Waals surface area contributed by atoms with Crippen LogP contribution in [0.25, 0.3) is 0 Å². The highest BCUT2D eigenvalue weighted by atomic mass is 35.5. The summed E-state index contributed by atoms with van der Waals surface area (Å²) in [5, 5.41) is 2.61. The van der Waals surface area contributed by atoms with Crippen LogP contribution >= 0.6 is 11.6 Å². The summed E-state index contributed by atoms with van der Waals surface area (Å²) in [6.07, 6.45) is 0.958. The Kier molecular flexibility index (Phi) is 3.14. The van der Waals surface area contributed by atoms with Gasteiger partial charge in [-0.3, -0.25) is 0 Å². The first-order valence-electron chi connectivity index (χ1n) is 5.16. The summed E-state index contributed by atoms with van der Waals surface area (Å²) in [5.74, 6) is 5.99. The fourth-order valence-corrected chi connectivity index (χ4v) is 2.14. The molecule has 1 heterocycles. The normalized spacial score (nSPS) is 18.2. The van der Waals surface area contributed by atoms with Crippen LogP contribution in [0.15, 0.2) is 18.2 Å². The molecule has 1 aliphatic rings. The molecule has 0 aliphatic carbocycles. The van der Waals surface area contributed by atoms with E-state index in [2.05, 4.69) is 11.9 Å². The number of hydrogen-bond donors (Lipinski definition) is 1. The molecule has 1 aromatic carbocycles. The molecule has 0 fully saturated rings. The van der Waals surface area contributed by atoms with Crippen LogP contribution in [-0.4, -0.2) is 31.6 Å². The van der Waals surface area contributed by atoms with Gasteiger partial charge in [0.15, 0.2) is 0 Å². The SMILES string of the molecule is CN1CCc2c(Cl)cccc2N(N)CC1. The maximum Gasteiger partial charge on any atom is 0.0565 e. The van der Waals surface area contributed by atoms with Gasteiger partial charge in [-0.1, -0.05) is 17.7 Å². The highest BCUT2D eigenvalue weighted by molar-refractivity contribution is 6.31. The Bertz CT molecular complexity index is 354. The van der Waals surface area contributed by atoms with Crippen LogP contribution in [0.4, 0.5) is 5.69 Å². The maximum absolute atomic E-state index is 6.18. The van der Waals surface area contributed by atoms with Crippen molar-refractivity contribution in [3.8, 4) is 0 Å². The summed E-state index contributed by atoms with van der Waals surface area (Å²) < 4.78 is 0. The number of likely N-dealkylation sites (N-methyl/N-ethyl adjacent to an activating group) is 1. The van der Waals surface area contributed by atoms with Gasteiger partial charge in [-0.25, -0.2) is 5.84 Å². The first-order valence-corrected chi connectivity index (χ1v) is 5.54. The van der Waals surface area contributed by atoms with Crippen molar-refractivity contribution in [1.82, 2.24) is 4.90 Å². The molecule has 2 rings (SSSR count). The number of anilines is 1. The van der Waals surface area contributed by atoms with E-state index in [0.29, 0.717) is 0 Å². The minimum Gasteiger partial charge on any atom is -0.309 e. The van der Waals surface area contributed by atoms with Gasteiger partial charge in [0.2, 0.25) is 0 Å². The number of benzene rings is 1. The van der Waals surface area contributed by atoms with Crippen LogP contribution in [0.3, 0.4) is 0 Å². The molecule has 0 amide bonds. The first kappa shape index (κ1) is 10.7. The van der Waals surface area contributed by atoms with Crippen LogP contribution < -0.4 is 10.9 Å². The van der Waals surface area contributed by atoms with E-state index in [0.717, 1.165) is 42.3 Å². The highest BCUT2D eigenvalue weighted by Gasteiger charge is 2.15. The minimum absolute atomic E-state index is 0.818. The second-order valence-electron chi connectivity index (χ2n) is 3.98. The van der Waals surface area contributed by atoms with E-state index in [-0.39, 0.29) is 0 Å². The standard InChI is InChI=1S/C11H16ClN3/c1-14-6-5-9-10(12)3-2-4-11(9)15(13)8-7-14/h2-4H,5-8,13H2,1H3. The van der Waals surface area contributed by atoms with E-state index in [4.69, 9.17) is 17.4 Å². The fraction of sp³-hybridized carbons (Fsp3) is 0.455. The summed E-state index contributed by atoms with van der Waals surface area (Å²) in [5.41, 5.74) is 2.23. The van der Waals surface area contributed by atoms with Crippen LogP contribution in [0.5, 0.6) is 0 Å². The van der Waals surface area contributed by atoms with Crippen molar-refractivity contribution >= 4 is 17.3 Å². The zero-order valence-corrected chi connectivity index (χ0v) is 9.67. The molecule has 0 atom stereocenters. The minimum atomic E-state index is 0.818. The average molecular weight is 226 g/mol. The third-order valence-electron chi connectivity index (χ3n) is 2.87. The van der Waals surface area contributed by atoms with E-state index in [9.17, 15) is 0 Å². The Morgan fingerprint density at radius 1 is 1.27 bits per heavy atom. The lowest BCUT2D eigenvalue weighted by atomic mass is 10.1. The molecule has 1 aromatic rings. The number of nitrogens with two attached hydrogens (primary N) is 1. The predicted octanol–water partition coefficient (Wildman–Crippen LogP) is 1.51. The van der Waals surface area contributed by atoms with Gasteiger partial charge in [-0.05, 0) is 31.2 Å². The Morgan fingerprint density at radius 2 is 2.07 bits per heavy atom. The van der Waals surface area contributed by atoms with Gasteiger partial charge in [-0.2, -0.15) is 0 Å². The Hall–Kier alpha value is -0.770. The quantitative estimate of drug-likeness (QED) is 0.680. The van der Waals surface area contributed by atoms with Gasteiger partial charge in [0.1, 0.15) is 0 Å². The van der Waals surface area contributed by atoms with Crippen molar-refractivity contribution in [3.05, 3.63) is 28.8 Å². The molecule has 0 spiro atoms. The Labute approximate surface area is 95.4 Å². The van der Waals surface area contributed by atoms with E-state index in [1.807, 2.05) is 18.2 Å². The Balaban J connectivity index is 2.37. The number of hydrazine groups is 1. The van der Waals surface area contributed by atoms with Gasteiger partial charge in [0.05, 0.1) is 5.69 Å². The monoisotopic (exact) mass is 225 g/mol. The maximum atomic E-state index is 6.18. The molecule has 0 radical (unpaired) electrons. The molecule has 3 nitrogen and oxygen atoms in total. The van der Waals surface area contributed by atoms with Gasteiger partial charge >= 0.3 is 0 Å². The third-order valence-corrected chi connectivity index (χ3v) is 3.22. The predicted molar refractivity (Wildman–Crippen MR) is 64.2 cm³/mol. The smallest absolute Gasteiger partial charge is 0.0565 e. The van der Waals surface area contributed by atoms with Crippen LogP contribution in [0.2, 0.25) is 5.02 Å². The topological polar surface area (TPSA) is 32.5 Å². The molecule has 0 unspecified atom stereocenters. The zero-order valence-electron chi connectivity index (χ0n) is 8.91. The van der Waals surface area contributed by atoms with Crippen molar-refractivity contribution in [2.24, 2.45) is 5.84 Å².